The number of ether oxygens (including phenoxy) is 1. The molecule has 1 fully saturated rings. The van der Waals surface area contributed by atoms with E-state index in [1.807, 2.05) is 17.5 Å². The number of amides is 1. The van der Waals surface area contributed by atoms with Crippen molar-refractivity contribution < 1.29 is 22.7 Å². The minimum Gasteiger partial charge on any atom is -0.468 e. The number of esters is 1. The van der Waals surface area contributed by atoms with Crippen molar-refractivity contribution in [2.75, 3.05) is 25.2 Å². The molecule has 0 radical (unpaired) electrons. The Morgan fingerprint density at radius 2 is 2.27 bits per heavy atom. The first-order chi connectivity index (χ1) is 10.4. The van der Waals surface area contributed by atoms with Crippen LogP contribution in [0, 0.1) is 0 Å². The van der Waals surface area contributed by atoms with Gasteiger partial charge in [-0.2, -0.15) is 0 Å². The van der Waals surface area contributed by atoms with E-state index >= 15 is 0 Å². The third-order valence-corrected chi connectivity index (χ3v) is 5.98. The van der Waals surface area contributed by atoms with Gasteiger partial charge in [0.1, 0.15) is 6.54 Å². The van der Waals surface area contributed by atoms with Gasteiger partial charge in [0, 0.05) is 17.0 Å². The van der Waals surface area contributed by atoms with E-state index in [0.717, 1.165) is 4.88 Å². The van der Waals surface area contributed by atoms with Crippen LogP contribution in [0.25, 0.3) is 6.08 Å². The van der Waals surface area contributed by atoms with Crippen LogP contribution in [0.2, 0.25) is 0 Å². The fourth-order valence-corrected chi connectivity index (χ4v) is 4.60. The summed E-state index contributed by atoms with van der Waals surface area (Å²) in [5.74, 6) is -1.03. The molecule has 1 aliphatic heterocycles. The maximum Gasteiger partial charge on any atom is 0.325 e. The molecule has 2 rings (SSSR count). The zero-order valence-electron chi connectivity index (χ0n) is 12.1. The molecule has 8 heteroatoms. The van der Waals surface area contributed by atoms with Gasteiger partial charge in [-0.1, -0.05) is 6.07 Å². The van der Waals surface area contributed by atoms with Gasteiger partial charge in [0.2, 0.25) is 5.91 Å². The van der Waals surface area contributed by atoms with Crippen molar-refractivity contribution in [1.82, 2.24) is 4.90 Å². The van der Waals surface area contributed by atoms with Crippen LogP contribution in [0.15, 0.2) is 23.6 Å². The van der Waals surface area contributed by atoms with E-state index in [0.29, 0.717) is 6.42 Å². The van der Waals surface area contributed by atoms with E-state index in [9.17, 15) is 18.0 Å². The average molecular weight is 343 g/mol. The normalized spacial score (nSPS) is 20.1. The highest BCUT2D eigenvalue weighted by molar-refractivity contribution is 7.91. The van der Waals surface area contributed by atoms with Crippen LogP contribution in [0.3, 0.4) is 0 Å². The number of methoxy groups -OCH3 is 1. The highest BCUT2D eigenvalue weighted by atomic mass is 32.2. The smallest absolute Gasteiger partial charge is 0.325 e. The van der Waals surface area contributed by atoms with Crippen molar-refractivity contribution in [3.05, 3.63) is 28.5 Å². The maximum absolute atomic E-state index is 12.3. The summed E-state index contributed by atoms with van der Waals surface area (Å²) in [6.07, 6.45) is 3.36. The zero-order chi connectivity index (χ0) is 16.2. The topological polar surface area (TPSA) is 80.8 Å². The summed E-state index contributed by atoms with van der Waals surface area (Å²) in [5.41, 5.74) is 0. The number of hydrogen-bond acceptors (Lipinski definition) is 6. The van der Waals surface area contributed by atoms with E-state index in [1.165, 1.54) is 29.4 Å². The molecule has 0 saturated carbocycles. The molecule has 1 unspecified atom stereocenters. The lowest BCUT2D eigenvalue weighted by Crippen LogP contribution is -2.43. The van der Waals surface area contributed by atoms with Crippen LogP contribution >= 0.6 is 11.3 Å². The van der Waals surface area contributed by atoms with Gasteiger partial charge in [0.15, 0.2) is 9.84 Å². The first kappa shape index (κ1) is 16.7. The summed E-state index contributed by atoms with van der Waals surface area (Å²) >= 11 is 1.48. The molecule has 0 bridgehead atoms. The molecule has 0 N–H and O–H groups in total. The van der Waals surface area contributed by atoms with Gasteiger partial charge in [-0.25, -0.2) is 8.42 Å². The Balaban J connectivity index is 2.13. The van der Waals surface area contributed by atoms with E-state index in [1.54, 1.807) is 6.08 Å². The summed E-state index contributed by atoms with van der Waals surface area (Å²) in [6.45, 7) is -0.246. The predicted molar refractivity (Wildman–Crippen MR) is 84.1 cm³/mol. The number of carbonyl (C=O) groups excluding carboxylic acids is 2. The summed E-state index contributed by atoms with van der Waals surface area (Å²) < 4.78 is 27.8. The van der Waals surface area contributed by atoms with Crippen LogP contribution in [-0.4, -0.2) is 56.4 Å². The fraction of sp³-hybridized carbons (Fsp3) is 0.429. The second-order valence-corrected chi connectivity index (χ2v) is 8.16. The molecule has 1 amide bonds. The Morgan fingerprint density at radius 1 is 1.50 bits per heavy atom. The minimum atomic E-state index is -3.14. The average Bonchev–Trinajstić information content (AvgIpc) is 3.11. The summed E-state index contributed by atoms with van der Waals surface area (Å²) in [4.78, 5) is 26.0. The highest BCUT2D eigenvalue weighted by Crippen LogP contribution is 2.19. The SMILES string of the molecule is COC(=O)CN(C(=O)C=Cc1cccs1)C1CCS(=O)(=O)C1. The van der Waals surface area contributed by atoms with E-state index < -0.39 is 21.8 Å². The second kappa shape index (κ2) is 7.06. The van der Waals surface area contributed by atoms with Gasteiger partial charge in [-0.05, 0) is 23.9 Å². The Hall–Kier alpha value is -1.67. The maximum atomic E-state index is 12.3. The molecule has 0 aromatic carbocycles. The summed E-state index contributed by atoms with van der Waals surface area (Å²) in [7, 11) is -1.91. The van der Waals surface area contributed by atoms with Gasteiger partial charge in [0.05, 0.1) is 18.6 Å². The number of thiophene rings is 1. The molecule has 1 saturated heterocycles. The number of nitrogens with zero attached hydrogens (tertiary/aromatic N) is 1. The largest absolute Gasteiger partial charge is 0.468 e. The molecule has 1 atom stereocenters. The van der Waals surface area contributed by atoms with Gasteiger partial charge >= 0.3 is 5.97 Å². The van der Waals surface area contributed by atoms with Gasteiger partial charge in [-0.3, -0.25) is 9.59 Å². The Morgan fingerprint density at radius 3 is 2.82 bits per heavy atom. The van der Waals surface area contributed by atoms with Crippen LogP contribution in [0.4, 0.5) is 0 Å². The lowest BCUT2D eigenvalue weighted by molar-refractivity contribution is -0.146. The number of sulfone groups is 1. The molecule has 1 aromatic rings. The number of rotatable bonds is 5. The molecular weight excluding hydrogens is 326 g/mol. The van der Waals surface area contributed by atoms with Gasteiger partial charge < -0.3 is 9.64 Å². The monoisotopic (exact) mass is 343 g/mol. The predicted octanol–water partition coefficient (Wildman–Crippen LogP) is 0.950. The second-order valence-electron chi connectivity index (χ2n) is 4.95. The first-order valence-corrected chi connectivity index (χ1v) is 9.41. The van der Waals surface area contributed by atoms with Crippen molar-refractivity contribution >= 4 is 39.1 Å². The summed E-state index contributed by atoms with van der Waals surface area (Å²) in [5, 5.41) is 1.89. The molecule has 0 aliphatic carbocycles. The van der Waals surface area contributed by atoms with E-state index in [4.69, 9.17) is 0 Å². The molecule has 6 nitrogen and oxygen atoms in total. The third-order valence-electron chi connectivity index (χ3n) is 3.39. The highest BCUT2D eigenvalue weighted by Gasteiger charge is 2.35. The third kappa shape index (κ3) is 4.41. The van der Waals surface area contributed by atoms with Crippen LogP contribution in [0.1, 0.15) is 11.3 Å². The first-order valence-electron chi connectivity index (χ1n) is 6.71. The van der Waals surface area contributed by atoms with Crippen molar-refractivity contribution in [2.45, 2.75) is 12.5 Å². The van der Waals surface area contributed by atoms with Gasteiger partial charge in [-0.15, -0.1) is 11.3 Å². The van der Waals surface area contributed by atoms with Crippen molar-refractivity contribution in [3.63, 3.8) is 0 Å². The number of carbonyl (C=O) groups is 2. The Labute approximate surface area is 133 Å². The molecule has 120 valence electrons. The minimum absolute atomic E-state index is 0.0389. The molecule has 22 heavy (non-hydrogen) atoms. The molecule has 1 aliphatic rings. The van der Waals surface area contributed by atoms with Crippen molar-refractivity contribution in [2.24, 2.45) is 0 Å². The lowest BCUT2D eigenvalue weighted by Gasteiger charge is -2.25. The van der Waals surface area contributed by atoms with Crippen LogP contribution < -0.4 is 0 Å². The molecular formula is C14H17NO5S2. The summed E-state index contributed by atoms with van der Waals surface area (Å²) in [6, 6.07) is 3.24. The molecule has 0 spiro atoms. The number of hydrogen-bond donors (Lipinski definition) is 0. The standard InChI is InChI=1S/C14H17NO5S2/c1-20-14(17)9-15(11-6-8-22(18,19)10-11)13(16)5-4-12-3-2-7-21-12/h2-5,7,11H,6,8-10H2,1H3. The Bertz CT molecular complexity index is 663. The van der Waals surface area contributed by atoms with E-state index in [2.05, 4.69) is 4.74 Å². The zero-order valence-corrected chi connectivity index (χ0v) is 13.7. The van der Waals surface area contributed by atoms with Crippen LogP contribution in [0.5, 0.6) is 0 Å². The van der Waals surface area contributed by atoms with Gasteiger partial charge in [0.25, 0.3) is 0 Å². The lowest BCUT2D eigenvalue weighted by atomic mass is 10.2. The fourth-order valence-electron chi connectivity index (χ4n) is 2.25. The quantitative estimate of drug-likeness (QED) is 0.587. The molecule has 1 aromatic heterocycles. The van der Waals surface area contributed by atoms with Crippen LogP contribution in [-0.2, 0) is 24.2 Å². The Kier molecular flexibility index (Phi) is 5.36. The van der Waals surface area contributed by atoms with E-state index in [-0.39, 0.29) is 24.0 Å². The molecule has 2 heterocycles. The van der Waals surface area contributed by atoms with Crippen molar-refractivity contribution in [3.8, 4) is 0 Å². The van der Waals surface area contributed by atoms with Crippen molar-refractivity contribution in [1.29, 1.82) is 0 Å².